The molecule has 0 amide bonds. The Bertz CT molecular complexity index is 360. The van der Waals surface area contributed by atoms with E-state index in [1.165, 1.54) is 7.05 Å². The quantitative estimate of drug-likeness (QED) is 0.531. The standard InChI is InChI=1S/C13H25F3N4O/c1-8(2)20-6-9(3)10(7-20)19-12(17-4)18-5-11(21)13(14,15)16/h8-11,21H,5-7H2,1-4H3,(H2,17,18,19). The fraction of sp³-hybridized carbons (Fsp3) is 0.923. The lowest BCUT2D eigenvalue weighted by Gasteiger charge is -2.23. The number of aliphatic imine (C=N–C) groups is 1. The summed E-state index contributed by atoms with van der Waals surface area (Å²) in [5, 5.41) is 14.6. The third kappa shape index (κ3) is 5.35. The van der Waals surface area contributed by atoms with E-state index in [2.05, 4.69) is 41.3 Å². The molecule has 1 rings (SSSR count). The van der Waals surface area contributed by atoms with Crippen LogP contribution >= 0.6 is 0 Å². The number of alkyl halides is 3. The molecule has 3 N–H and O–H groups in total. The monoisotopic (exact) mass is 310 g/mol. The molecule has 0 spiro atoms. The lowest BCUT2D eigenvalue weighted by Crippen LogP contribution is -2.50. The second kappa shape index (κ2) is 7.31. The van der Waals surface area contributed by atoms with Crippen molar-refractivity contribution in [2.24, 2.45) is 10.9 Å². The van der Waals surface area contributed by atoms with Gasteiger partial charge in [-0.1, -0.05) is 6.92 Å². The van der Waals surface area contributed by atoms with Gasteiger partial charge in [0, 0.05) is 32.2 Å². The van der Waals surface area contributed by atoms with Crippen molar-refractivity contribution in [1.82, 2.24) is 15.5 Å². The van der Waals surface area contributed by atoms with Gasteiger partial charge in [-0.25, -0.2) is 0 Å². The number of halogens is 3. The molecule has 21 heavy (non-hydrogen) atoms. The van der Waals surface area contributed by atoms with Crippen LogP contribution in [0.15, 0.2) is 4.99 Å². The number of hydrogen-bond acceptors (Lipinski definition) is 3. The van der Waals surface area contributed by atoms with Crippen LogP contribution in [0.25, 0.3) is 0 Å². The minimum Gasteiger partial charge on any atom is -0.382 e. The van der Waals surface area contributed by atoms with Gasteiger partial charge in [0.2, 0.25) is 0 Å². The van der Waals surface area contributed by atoms with Crippen LogP contribution in [-0.2, 0) is 0 Å². The fourth-order valence-electron chi connectivity index (χ4n) is 2.29. The summed E-state index contributed by atoms with van der Waals surface area (Å²) < 4.78 is 36.8. The van der Waals surface area contributed by atoms with Crippen LogP contribution in [0.5, 0.6) is 0 Å². The maximum absolute atomic E-state index is 12.3. The lowest BCUT2D eigenvalue weighted by molar-refractivity contribution is -0.201. The Morgan fingerprint density at radius 3 is 2.43 bits per heavy atom. The van der Waals surface area contributed by atoms with Crippen molar-refractivity contribution in [1.29, 1.82) is 0 Å². The summed E-state index contributed by atoms with van der Waals surface area (Å²) in [4.78, 5) is 6.21. The Morgan fingerprint density at radius 1 is 1.38 bits per heavy atom. The van der Waals surface area contributed by atoms with E-state index in [0.717, 1.165) is 13.1 Å². The van der Waals surface area contributed by atoms with Crippen LogP contribution in [0.2, 0.25) is 0 Å². The van der Waals surface area contributed by atoms with Gasteiger partial charge >= 0.3 is 6.18 Å². The predicted octanol–water partition coefficient (Wildman–Crippen LogP) is 0.803. The van der Waals surface area contributed by atoms with Crippen molar-refractivity contribution in [3.8, 4) is 0 Å². The Kier molecular flexibility index (Phi) is 6.27. The van der Waals surface area contributed by atoms with Crippen molar-refractivity contribution < 1.29 is 18.3 Å². The van der Waals surface area contributed by atoms with Crippen molar-refractivity contribution >= 4 is 5.96 Å². The zero-order chi connectivity index (χ0) is 16.2. The summed E-state index contributed by atoms with van der Waals surface area (Å²) in [6, 6.07) is 0.558. The van der Waals surface area contributed by atoms with E-state index < -0.39 is 18.8 Å². The normalized spacial score (nSPS) is 26.2. The van der Waals surface area contributed by atoms with E-state index in [1.54, 1.807) is 0 Å². The van der Waals surface area contributed by atoms with Gasteiger partial charge in [-0.2, -0.15) is 13.2 Å². The van der Waals surface area contributed by atoms with E-state index in [4.69, 9.17) is 5.11 Å². The highest BCUT2D eigenvalue weighted by Crippen LogP contribution is 2.20. The molecule has 3 atom stereocenters. The molecule has 0 radical (unpaired) electrons. The van der Waals surface area contributed by atoms with E-state index in [0.29, 0.717) is 12.0 Å². The second-order valence-electron chi connectivity index (χ2n) is 5.79. The molecule has 1 fully saturated rings. The average molecular weight is 310 g/mol. The number of rotatable bonds is 4. The molecule has 1 heterocycles. The molecule has 124 valence electrons. The molecule has 0 aliphatic carbocycles. The van der Waals surface area contributed by atoms with Crippen molar-refractivity contribution in [3.05, 3.63) is 0 Å². The summed E-state index contributed by atoms with van der Waals surface area (Å²) >= 11 is 0. The Morgan fingerprint density at radius 2 is 2.00 bits per heavy atom. The molecule has 0 aromatic rings. The maximum atomic E-state index is 12.3. The van der Waals surface area contributed by atoms with Crippen molar-refractivity contribution in [2.75, 3.05) is 26.7 Å². The van der Waals surface area contributed by atoms with Crippen molar-refractivity contribution in [3.63, 3.8) is 0 Å². The Balaban J connectivity index is 2.48. The van der Waals surface area contributed by atoms with E-state index in [9.17, 15) is 13.2 Å². The largest absolute Gasteiger partial charge is 0.416 e. The molecular weight excluding hydrogens is 285 g/mol. The first-order valence-electron chi connectivity index (χ1n) is 7.11. The van der Waals surface area contributed by atoms with Crippen LogP contribution in [0.4, 0.5) is 13.2 Å². The summed E-state index contributed by atoms with van der Waals surface area (Å²) in [5.41, 5.74) is 0. The Hall–Kier alpha value is -1.02. The zero-order valence-electron chi connectivity index (χ0n) is 12.9. The van der Waals surface area contributed by atoms with Crippen LogP contribution in [-0.4, -0.2) is 67.0 Å². The molecule has 5 nitrogen and oxygen atoms in total. The SMILES string of the molecule is CN=C(NCC(O)C(F)(F)F)NC1CN(C(C)C)CC1C. The molecular formula is C13H25F3N4O. The number of aliphatic hydroxyl groups excluding tert-OH is 1. The summed E-state index contributed by atoms with van der Waals surface area (Å²) in [6.07, 6.45) is -7.02. The molecule has 1 aliphatic heterocycles. The van der Waals surface area contributed by atoms with Crippen LogP contribution < -0.4 is 10.6 Å². The molecule has 1 aliphatic rings. The van der Waals surface area contributed by atoms with Gasteiger partial charge in [0.15, 0.2) is 12.1 Å². The van der Waals surface area contributed by atoms with Crippen molar-refractivity contribution in [2.45, 2.75) is 45.1 Å². The highest BCUT2D eigenvalue weighted by Gasteiger charge is 2.38. The maximum Gasteiger partial charge on any atom is 0.416 e. The molecule has 0 aromatic carbocycles. The first-order chi connectivity index (χ1) is 9.65. The first kappa shape index (κ1) is 18.0. The third-order valence-electron chi connectivity index (χ3n) is 3.76. The smallest absolute Gasteiger partial charge is 0.382 e. The Labute approximate surface area is 123 Å². The van der Waals surface area contributed by atoms with Gasteiger partial charge in [0.1, 0.15) is 0 Å². The van der Waals surface area contributed by atoms with Gasteiger partial charge in [0.05, 0.1) is 6.54 Å². The van der Waals surface area contributed by atoms with Gasteiger partial charge in [-0.15, -0.1) is 0 Å². The molecule has 0 bridgehead atoms. The lowest BCUT2D eigenvalue weighted by atomic mass is 10.1. The molecule has 3 unspecified atom stereocenters. The van der Waals surface area contributed by atoms with E-state index >= 15 is 0 Å². The molecule has 1 saturated heterocycles. The van der Waals surface area contributed by atoms with Gasteiger partial charge in [-0.3, -0.25) is 9.89 Å². The summed E-state index contributed by atoms with van der Waals surface area (Å²) in [7, 11) is 1.50. The number of hydrogen-bond donors (Lipinski definition) is 3. The number of likely N-dealkylation sites (tertiary alicyclic amines) is 1. The minimum atomic E-state index is -4.62. The molecule has 0 saturated carbocycles. The topological polar surface area (TPSA) is 59.9 Å². The predicted molar refractivity (Wildman–Crippen MR) is 76.2 cm³/mol. The summed E-state index contributed by atoms with van der Waals surface area (Å²) in [5.74, 6) is 0.652. The summed E-state index contributed by atoms with van der Waals surface area (Å²) in [6.45, 7) is 7.47. The van der Waals surface area contributed by atoms with Crippen LogP contribution in [0, 0.1) is 5.92 Å². The average Bonchev–Trinajstić information content (AvgIpc) is 2.74. The van der Waals surface area contributed by atoms with E-state index in [1.807, 2.05) is 0 Å². The zero-order valence-corrected chi connectivity index (χ0v) is 12.9. The van der Waals surface area contributed by atoms with Crippen LogP contribution in [0.3, 0.4) is 0 Å². The number of guanidine groups is 1. The third-order valence-corrected chi connectivity index (χ3v) is 3.76. The van der Waals surface area contributed by atoms with Gasteiger partial charge in [-0.05, 0) is 19.8 Å². The first-order valence-corrected chi connectivity index (χ1v) is 7.11. The molecule has 0 aromatic heterocycles. The highest BCUT2D eigenvalue weighted by atomic mass is 19.4. The number of nitrogens with zero attached hydrogens (tertiary/aromatic N) is 2. The molecule has 8 heteroatoms. The van der Waals surface area contributed by atoms with Gasteiger partial charge in [0.25, 0.3) is 0 Å². The fourth-order valence-corrected chi connectivity index (χ4v) is 2.29. The minimum absolute atomic E-state index is 0.127. The number of nitrogens with one attached hydrogen (secondary N) is 2. The second-order valence-corrected chi connectivity index (χ2v) is 5.79. The number of aliphatic hydroxyl groups is 1. The highest BCUT2D eigenvalue weighted by molar-refractivity contribution is 5.80. The van der Waals surface area contributed by atoms with Gasteiger partial charge < -0.3 is 15.7 Å². The van der Waals surface area contributed by atoms with E-state index in [-0.39, 0.29) is 12.0 Å². The van der Waals surface area contributed by atoms with Crippen LogP contribution in [0.1, 0.15) is 20.8 Å².